The number of aliphatic hydroxyl groups excluding tert-OH is 1. The van der Waals surface area contributed by atoms with Gasteiger partial charge in [0.1, 0.15) is 5.75 Å². The molecular weight excluding hydrogens is 270 g/mol. The maximum Gasteiger partial charge on any atom is 0.241 e. The Balaban J connectivity index is 1.70. The van der Waals surface area contributed by atoms with Gasteiger partial charge in [-0.15, -0.1) is 0 Å². The summed E-state index contributed by atoms with van der Waals surface area (Å²) in [6.45, 7) is 1.74. The first-order chi connectivity index (χ1) is 10.3. The lowest BCUT2D eigenvalue weighted by Crippen LogP contribution is -2.31. The van der Waals surface area contributed by atoms with Gasteiger partial charge in [0.15, 0.2) is 0 Å². The van der Waals surface area contributed by atoms with E-state index in [0.717, 1.165) is 30.7 Å². The van der Waals surface area contributed by atoms with E-state index in [0.29, 0.717) is 18.3 Å². The van der Waals surface area contributed by atoms with Crippen molar-refractivity contribution in [3.05, 3.63) is 30.2 Å². The number of methoxy groups -OCH3 is 1. The number of hydrogen-bond donors (Lipinski definition) is 1. The van der Waals surface area contributed by atoms with Crippen LogP contribution < -0.4 is 4.74 Å². The second-order valence-corrected chi connectivity index (χ2v) is 5.19. The minimum atomic E-state index is 0.180. The normalized spacial score (nSPS) is 19.0. The Labute approximate surface area is 123 Å². The van der Waals surface area contributed by atoms with Crippen LogP contribution in [0.1, 0.15) is 18.7 Å². The number of rotatable bonds is 5. The molecule has 1 saturated heterocycles. The fraction of sp³-hybridized carbons (Fsp3) is 0.467. The molecule has 1 N–H and O–H groups in total. The lowest BCUT2D eigenvalue weighted by atomic mass is 10.2. The van der Waals surface area contributed by atoms with Crippen LogP contribution in [0.4, 0.5) is 0 Å². The van der Waals surface area contributed by atoms with Crippen molar-refractivity contribution in [3.63, 3.8) is 0 Å². The summed E-state index contributed by atoms with van der Waals surface area (Å²) in [4.78, 5) is 6.61. The summed E-state index contributed by atoms with van der Waals surface area (Å²) in [7, 11) is 1.63. The molecule has 6 nitrogen and oxygen atoms in total. The van der Waals surface area contributed by atoms with Gasteiger partial charge in [0.2, 0.25) is 11.7 Å². The van der Waals surface area contributed by atoms with Gasteiger partial charge in [0.05, 0.1) is 20.3 Å². The van der Waals surface area contributed by atoms with E-state index in [4.69, 9.17) is 9.26 Å². The van der Waals surface area contributed by atoms with Gasteiger partial charge < -0.3 is 14.4 Å². The molecular formula is C15H19N3O3. The highest BCUT2D eigenvalue weighted by molar-refractivity contribution is 5.55. The van der Waals surface area contributed by atoms with Crippen molar-refractivity contribution >= 4 is 0 Å². The van der Waals surface area contributed by atoms with Crippen LogP contribution in [-0.4, -0.2) is 46.5 Å². The van der Waals surface area contributed by atoms with E-state index in [1.165, 1.54) is 0 Å². The number of ether oxygens (including phenoxy) is 1. The summed E-state index contributed by atoms with van der Waals surface area (Å²) in [5, 5.41) is 13.3. The third-order valence-electron chi connectivity index (χ3n) is 3.86. The largest absolute Gasteiger partial charge is 0.497 e. The van der Waals surface area contributed by atoms with Crippen molar-refractivity contribution in [3.8, 4) is 17.1 Å². The van der Waals surface area contributed by atoms with Crippen molar-refractivity contribution < 1.29 is 14.4 Å². The average Bonchev–Trinajstić information content (AvgIpc) is 3.17. The smallest absolute Gasteiger partial charge is 0.241 e. The van der Waals surface area contributed by atoms with Gasteiger partial charge in [0, 0.05) is 11.6 Å². The summed E-state index contributed by atoms with van der Waals surface area (Å²) in [6, 6.07) is 7.75. The van der Waals surface area contributed by atoms with Crippen LogP contribution in [0.15, 0.2) is 28.8 Å². The third-order valence-corrected chi connectivity index (χ3v) is 3.86. The van der Waals surface area contributed by atoms with Crippen molar-refractivity contribution in [2.75, 3.05) is 20.3 Å². The van der Waals surface area contributed by atoms with E-state index in [-0.39, 0.29) is 12.6 Å². The average molecular weight is 289 g/mol. The molecule has 1 aliphatic rings. The lowest BCUT2D eigenvalue weighted by molar-refractivity contribution is 0.141. The zero-order chi connectivity index (χ0) is 14.7. The van der Waals surface area contributed by atoms with Crippen LogP contribution in [0.25, 0.3) is 11.4 Å². The van der Waals surface area contributed by atoms with Gasteiger partial charge in [-0.2, -0.15) is 4.98 Å². The fourth-order valence-corrected chi connectivity index (χ4v) is 2.66. The fourth-order valence-electron chi connectivity index (χ4n) is 2.66. The quantitative estimate of drug-likeness (QED) is 0.903. The first kappa shape index (κ1) is 14.0. The molecule has 112 valence electrons. The number of likely N-dealkylation sites (tertiary alicyclic amines) is 1. The summed E-state index contributed by atoms with van der Waals surface area (Å²) in [5.74, 6) is 1.96. The van der Waals surface area contributed by atoms with Gasteiger partial charge in [0.25, 0.3) is 0 Å². The highest BCUT2D eigenvalue weighted by Crippen LogP contribution is 2.22. The minimum Gasteiger partial charge on any atom is -0.497 e. The molecule has 1 aromatic carbocycles. The van der Waals surface area contributed by atoms with Crippen molar-refractivity contribution in [1.82, 2.24) is 15.0 Å². The molecule has 3 rings (SSSR count). The van der Waals surface area contributed by atoms with Gasteiger partial charge >= 0.3 is 0 Å². The van der Waals surface area contributed by atoms with Crippen LogP contribution in [0.3, 0.4) is 0 Å². The molecule has 0 amide bonds. The number of benzene rings is 1. The Morgan fingerprint density at radius 3 is 2.90 bits per heavy atom. The summed E-state index contributed by atoms with van der Waals surface area (Å²) >= 11 is 0. The molecule has 0 saturated carbocycles. The van der Waals surface area contributed by atoms with E-state index < -0.39 is 0 Å². The third kappa shape index (κ3) is 3.06. The molecule has 1 atom stereocenters. The molecule has 1 fully saturated rings. The molecule has 2 heterocycles. The van der Waals surface area contributed by atoms with Crippen molar-refractivity contribution in [2.24, 2.45) is 0 Å². The van der Waals surface area contributed by atoms with Crippen LogP contribution >= 0.6 is 0 Å². The second kappa shape index (κ2) is 6.24. The Hall–Kier alpha value is -1.92. The Morgan fingerprint density at radius 1 is 1.38 bits per heavy atom. The maximum absolute atomic E-state index is 9.33. The van der Waals surface area contributed by atoms with E-state index in [9.17, 15) is 5.11 Å². The SMILES string of the molecule is COc1ccc(-c2noc(CN3CCCC3CO)n2)cc1. The van der Waals surface area contributed by atoms with Crippen LogP contribution in [-0.2, 0) is 6.54 Å². The molecule has 0 aliphatic carbocycles. The maximum atomic E-state index is 9.33. The molecule has 6 heteroatoms. The molecule has 2 aromatic rings. The zero-order valence-electron chi connectivity index (χ0n) is 12.0. The molecule has 0 spiro atoms. The van der Waals surface area contributed by atoms with Crippen LogP contribution in [0.5, 0.6) is 5.75 Å². The highest BCUT2D eigenvalue weighted by Gasteiger charge is 2.25. The minimum absolute atomic E-state index is 0.180. The first-order valence-corrected chi connectivity index (χ1v) is 7.12. The highest BCUT2D eigenvalue weighted by atomic mass is 16.5. The van der Waals surface area contributed by atoms with Gasteiger partial charge in [-0.05, 0) is 43.7 Å². The van der Waals surface area contributed by atoms with E-state index in [1.807, 2.05) is 24.3 Å². The van der Waals surface area contributed by atoms with Gasteiger partial charge in [-0.3, -0.25) is 4.90 Å². The molecule has 1 aromatic heterocycles. The monoisotopic (exact) mass is 289 g/mol. The number of aromatic nitrogens is 2. The van der Waals surface area contributed by atoms with Gasteiger partial charge in [-0.1, -0.05) is 5.16 Å². The second-order valence-electron chi connectivity index (χ2n) is 5.19. The standard InChI is InChI=1S/C15H19N3O3/c1-20-13-6-4-11(5-7-13)15-16-14(21-17-15)9-18-8-2-3-12(18)10-19/h4-7,12,19H,2-3,8-10H2,1H3. The molecule has 1 unspecified atom stereocenters. The summed E-state index contributed by atoms with van der Waals surface area (Å²) in [5.41, 5.74) is 0.894. The topological polar surface area (TPSA) is 71.6 Å². The molecule has 1 aliphatic heterocycles. The Kier molecular flexibility index (Phi) is 4.17. The lowest BCUT2D eigenvalue weighted by Gasteiger charge is -2.20. The van der Waals surface area contributed by atoms with E-state index >= 15 is 0 Å². The molecule has 0 radical (unpaired) electrons. The zero-order valence-corrected chi connectivity index (χ0v) is 12.0. The van der Waals surface area contributed by atoms with Crippen LogP contribution in [0.2, 0.25) is 0 Å². The number of hydrogen-bond acceptors (Lipinski definition) is 6. The van der Waals surface area contributed by atoms with Crippen molar-refractivity contribution in [2.45, 2.75) is 25.4 Å². The summed E-state index contributed by atoms with van der Waals surface area (Å²) in [6.07, 6.45) is 2.13. The predicted octanol–water partition coefficient (Wildman–Crippen LogP) is 1.70. The summed E-state index contributed by atoms with van der Waals surface area (Å²) < 4.78 is 10.4. The van der Waals surface area contributed by atoms with Crippen molar-refractivity contribution in [1.29, 1.82) is 0 Å². The number of nitrogens with zero attached hydrogens (tertiary/aromatic N) is 3. The Morgan fingerprint density at radius 2 is 2.19 bits per heavy atom. The van der Waals surface area contributed by atoms with E-state index in [1.54, 1.807) is 7.11 Å². The van der Waals surface area contributed by atoms with E-state index in [2.05, 4.69) is 15.0 Å². The molecule has 21 heavy (non-hydrogen) atoms. The van der Waals surface area contributed by atoms with Crippen LogP contribution in [0, 0.1) is 0 Å². The Bertz CT molecular complexity index is 582. The first-order valence-electron chi connectivity index (χ1n) is 7.12. The predicted molar refractivity (Wildman–Crippen MR) is 76.8 cm³/mol. The number of aliphatic hydroxyl groups is 1. The molecule has 0 bridgehead atoms. The van der Waals surface area contributed by atoms with Gasteiger partial charge in [-0.25, -0.2) is 0 Å².